The smallest absolute Gasteiger partial charge is 0.274 e. The summed E-state index contributed by atoms with van der Waals surface area (Å²) in [5.41, 5.74) is 2.72. The van der Waals surface area contributed by atoms with E-state index in [0.717, 1.165) is 37.6 Å². The van der Waals surface area contributed by atoms with Gasteiger partial charge in [0.1, 0.15) is 6.29 Å². The number of carbonyl (C=O) groups excluding carboxylic acids is 2. The van der Waals surface area contributed by atoms with Gasteiger partial charge in [-0.15, -0.1) is 0 Å². The van der Waals surface area contributed by atoms with Crippen molar-refractivity contribution < 1.29 is 18.4 Å². The van der Waals surface area contributed by atoms with Crippen LogP contribution in [0.3, 0.4) is 0 Å². The zero-order chi connectivity index (χ0) is 24.9. The van der Waals surface area contributed by atoms with Crippen LogP contribution in [0.5, 0.6) is 0 Å². The van der Waals surface area contributed by atoms with E-state index in [2.05, 4.69) is 27.0 Å². The summed E-state index contributed by atoms with van der Waals surface area (Å²) >= 11 is 0. The molecular formula is C26H34F2N4O2. The zero-order valence-corrected chi connectivity index (χ0v) is 20.4. The van der Waals surface area contributed by atoms with Crippen molar-refractivity contribution in [1.29, 1.82) is 0 Å². The van der Waals surface area contributed by atoms with Crippen LogP contribution in [0.1, 0.15) is 66.1 Å². The number of carbonyl (C=O) groups is 2. The van der Waals surface area contributed by atoms with Crippen LogP contribution < -0.4 is 5.32 Å². The molecule has 6 nitrogen and oxygen atoms in total. The number of hydrogen-bond acceptors (Lipinski definition) is 5. The summed E-state index contributed by atoms with van der Waals surface area (Å²) in [4.78, 5) is 32.5. The van der Waals surface area contributed by atoms with E-state index < -0.39 is 5.92 Å². The van der Waals surface area contributed by atoms with Crippen molar-refractivity contribution in [3.05, 3.63) is 58.9 Å². The summed E-state index contributed by atoms with van der Waals surface area (Å²) in [6.07, 6.45) is 4.49. The first-order chi connectivity index (χ1) is 16.1. The van der Waals surface area contributed by atoms with E-state index in [1.165, 1.54) is 24.8 Å². The molecule has 1 amide bonds. The number of benzene rings is 1. The second kappa shape index (κ2) is 11.1. The number of halogens is 2. The van der Waals surface area contributed by atoms with E-state index in [0.29, 0.717) is 18.5 Å². The number of fused-ring (bicyclic) bond motifs is 1. The molecular weight excluding hydrogens is 438 g/mol. The minimum atomic E-state index is -3.00. The molecule has 0 aliphatic carbocycles. The van der Waals surface area contributed by atoms with Gasteiger partial charge in [-0.1, -0.05) is 19.9 Å². The molecule has 34 heavy (non-hydrogen) atoms. The number of aromatic nitrogens is 1. The molecule has 0 spiro atoms. The Bertz CT molecular complexity index is 1010. The minimum Gasteiger partial charge on any atom is -0.321 e. The first-order valence-corrected chi connectivity index (χ1v) is 11.7. The number of aldehydes is 1. The first-order valence-electron chi connectivity index (χ1n) is 11.7. The lowest BCUT2D eigenvalue weighted by molar-refractivity contribution is -0.109. The summed E-state index contributed by atoms with van der Waals surface area (Å²) in [6, 6.07) is 7.02. The van der Waals surface area contributed by atoms with Crippen molar-refractivity contribution in [2.45, 2.75) is 57.5 Å². The number of nitrogens with zero attached hydrogens (tertiary/aromatic N) is 3. The maximum absolute atomic E-state index is 14.0. The van der Waals surface area contributed by atoms with E-state index in [-0.39, 0.29) is 35.5 Å². The van der Waals surface area contributed by atoms with Crippen LogP contribution in [-0.4, -0.2) is 60.2 Å². The van der Waals surface area contributed by atoms with Gasteiger partial charge in [0, 0.05) is 49.3 Å². The molecule has 1 aliphatic rings. The lowest BCUT2D eigenvalue weighted by Gasteiger charge is -2.38. The number of pyridine rings is 1. The topological polar surface area (TPSA) is 65.5 Å². The number of alkyl halides is 2. The number of anilines is 1. The van der Waals surface area contributed by atoms with Gasteiger partial charge in [-0.2, -0.15) is 0 Å². The lowest BCUT2D eigenvalue weighted by atomic mass is 9.88. The van der Waals surface area contributed by atoms with Crippen molar-refractivity contribution in [3.63, 3.8) is 0 Å². The van der Waals surface area contributed by atoms with Gasteiger partial charge in [-0.05, 0) is 62.3 Å². The van der Waals surface area contributed by atoms with Crippen molar-refractivity contribution in [2.24, 2.45) is 0 Å². The largest absolute Gasteiger partial charge is 0.321 e. The van der Waals surface area contributed by atoms with Gasteiger partial charge >= 0.3 is 0 Å². The Morgan fingerprint density at radius 2 is 2.09 bits per heavy atom. The average molecular weight is 473 g/mol. The highest BCUT2D eigenvalue weighted by Crippen LogP contribution is 2.33. The van der Waals surface area contributed by atoms with Crippen LogP contribution in [0.2, 0.25) is 0 Å². The van der Waals surface area contributed by atoms with Gasteiger partial charge in [0.25, 0.3) is 11.8 Å². The van der Waals surface area contributed by atoms with E-state index >= 15 is 0 Å². The fourth-order valence-corrected chi connectivity index (χ4v) is 4.46. The molecule has 2 heterocycles. The second-order valence-corrected chi connectivity index (χ2v) is 9.37. The van der Waals surface area contributed by atoms with Gasteiger partial charge in [-0.25, -0.2) is 8.78 Å². The van der Waals surface area contributed by atoms with Crippen molar-refractivity contribution in [2.75, 3.05) is 32.5 Å². The second-order valence-electron chi connectivity index (χ2n) is 9.37. The van der Waals surface area contributed by atoms with Crippen molar-refractivity contribution >= 4 is 17.9 Å². The lowest BCUT2D eigenvalue weighted by Crippen LogP contribution is -2.42. The molecule has 0 saturated heterocycles. The number of nitrogens with one attached hydrogen (secondary N) is 1. The van der Waals surface area contributed by atoms with Gasteiger partial charge < -0.3 is 15.0 Å². The van der Waals surface area contributed by atoms with E-state index in [1.807, 2.05) is 26.2 Å². The van der Waals surface area contributed by atoms with Crippen molar-refractivity contribution in [3.8, 4) is 0 Å². The predicted octanol–water partition coefficient (Wildman–Crippen LogP) is 4.66. The maximum Gasteiger partial charge on any atom is 0.274 e. The third kappa shape index (κ3) is 6.24. The van der Waals surface area contributed by atoms with Gasteiger partial charge in [0.05, 0.1) is 11.9 Å². The Kier molecular flexibility index (Phi) is 8.49. The third-order valence-corrected chi connectivity index (χ3v) is 6.47. The molecule has 0 bridgehead atoms. The predicted molar refractivity (Wildman–Crippen MR) is 129 cm³/mol. The molecule has 1 aliphatic heterocycles. The quantitative estimate of drug-likeness (QED) is 0.510. The first kappa shape index (κ1) is 25.9. The van der Waals surface area contributed by atoms with Crippen LogP contribution in [0.4, 0.5) is 14.5 Å². The molecule has 2 atom stereocenters. The fourth-order valence-electron chi connectivity index (χ4n) is 4.46. The molecule has 184 valence electrons. The van der Waals surface area contributed by atoms with Gasteiger partial charge in [-0.3, -0.25) is 14.7 Å². The Labute approximate surface area is 200 Å². The Morgan fingerprint density at radius 3 is 2.76 bits per heavy atom. The maximum atomic E-state index is 14.0. The van der Waals surface area contributed by atoms with Crippen LogP contribution in [0.25, 0.3) is 0 Å². The number of amides is 1. The Balaban J connectivity index is 1.78. The molecule has 8 heteroatoms. The Hall–Kier alpha value is -2.71. The normalized spacial score (nSPS) is 17.3. The summed E-state index contributed by atoms with van der Waals surface area (Å²) < 4.78 is 28.0. The van der Waals surface area contributed by atoms with Crippen molar-refractivity contribution in [1.82, 2.24) is 14.8 Å². The van der Waals surface area contributed by atoms with Gasteiger partial charge in [0.2, 0.25) is 0 Å². The molecule has 0 fully saturated rings. The zero-order valence-electron chi connectivity index (χ0n) is 20.4. The number of hydrogen-bond donors (Lipinski definition) is 1. The molecule has 1 N–H and O–H groups in total. The molecule has 1 aromatic heterocycles. The third-order valence-electron chi connectivity index (χ3n) is 6.47. The molecule has 2 aromatic rings. The highest BCUT2D eigenvalue weighted by molar-refractivity contribution is 6.04. The molecule has 0 saturated carbocycles. The van der Waals surface area contributed by atoms with Crippen LogP contribution in [0.15, 0.2) is 36.7 Å². The van der Waals surface area contributed by atoms with Gasteiger partial charge in [0.15, 0.2) is 0 Å². The summed E-state index contributed by atoms with van der Waals surface area (Å²) in [5.74, 6) is -3.10. The SMILES string of the molecule is CCC(F)(F)c1cncc(NC(=O)c2ccc3c(c2)CN(C(CC=O)CCN(C)C)CC3C)c1. The molecule has 3 rings (SSSR count). The van der Waals surface area contributed by atoms with Crippen LogP contribution in [-0.2, 0) is 17.3 Å². The summed E-state index contributed by atoms with van der Waals surface area (Å²) in [5, 5.41) is 2.70. The monoisotopic (exact) mass is 472 g/mol. The van der Waals surface area contributed by atoms with E-state index in [9.17, 15) is 18.4 Å². The summed E-state index contributed by atoms with van der Waals surface area (Å²) in [7, 11) is 4.04. The standard InChI is InChI=1S/C26H34F2N4O2/c1-5-26(27,28)21-13-22(15-29-14-21)30-25(34)19-6-7-24-18(2)16-32(17-20(24)12-19)23(9-11-33)8-10-31(3)4/h6-7,11-15,18,23H,5,8-10,16-17H2,1-4H3,(H,30,34). The molecule has 1 aromatic carbocycles. The fraction of sp³-hybridized carbons (Fsp3) is 0.500. The average Bonchev–Trinajstić information content (AvgIpc) is 2.81. The minimum absolute atomic E-state index is 0.141. The number of rotatable bonds is 10. The Morgan fingerprint density at radius 1 is 1.32 bits per heavy atom. The highest BCUT2D eigenvalue weighted by Gasteiger charge is 2.30. The van der Waals surface area contributed by atoms with Crippen LogP contribution >= 0.6 is 0 Å². The molecule has 2 unspecified atom stereocenters. The van der Waals surface area contributed by atoms with E-state index in [4.69, 9.17) is 0 Å². The van der Waals surface area contributed by atoms with E-state index in [1.54, 1.807) is 6.07 Å². The van der Waals surface area contributed by atoms with Crippen LogP contribution in [0, 0.1) is 0 Å². The highest BCUT2D eigenvalue weighted by atomic mass is 19.3. The molecule has 0 radical (unpaired) electrons. The summed E-state index contributed by atoms with van der Waals surface area (Å²) in [6.45, 7) is 5.96.